The minimum atomic E-state index is -0.945. The van der Waals surface area contributed by atoms with Gasteiger partial charge < -0.3 is 4.90 Å². The summed E-state index contributed by atoms with van der Waals surface area (Å²) in [7, 11) is 0. The second-order valence-corrected chi connectivity index (χ2v) is 6.85. The fraction of sp³-hybridized carbons (Fsp3) is 0.500. The molecule has 0 spiro atoms. The number of nitrogens with zero attached hydrogens (tertiary/aromatic N) is 6. The van der Waals surface area contributed by atoms with Crippen LogP contribution in [0, 0.1) is 11.6 Å². The molecule has 140 valence electrons. The largest absolute Gasteiger partial charge is 0.340 e. The van der Waals surface area contributed by atoms with E-state index in [0.29, 0.717) is 50.7 Å². The Bertz CT molecular complexity index is 763. The van der Waals surface area contributed by atoms with Gasteiger partial charge >= 0.3 is 0 Å². The van der Waals surface area contributed by atoms with E-state index in [4.69, 9.17) is 0 Å². The van der Waals surface area contributed by atoms with Gasteiger partial charge in [-0.25, -0.2) is 8.78 Å². The van der Waals surface area contributed by atoms with Crippen LogP contribution in [-0.4, -0.2) is 67.4 Å². The van der Waals surface area contributed by atoms with Gasteiger partial charge in [0.05, 0.1) is 12.2 Å². The summed E-state index contributed by atoms with van der Waals surface area (Å²) >= 11 is 3.33. The normalized spacial score (nSPS) is 15.4. The number of carbonyl (C=O) groups is 1. The zero-order valence-corrected chi connectivity index (χ0v) is 15.7. The lowest BCUT2D eigenvalue weighted by Gasteiger charge is -2.34. The van der Waals surface area contributed by atoms with E-state index < -0.39 is 11.6 Å². The average molecular weight is 429 g/mol. The fourth-order valence-corrected chi connectivity index (χ4v) is 3.13. The third-order valence-corrected chi connectivity index (χ3v) is 4.86. The summed E-state index contributed by atoms with van der Waals surface area (Å²) in [6.07, 6.45) is 1.39. The number of halogens is 3. The summed E-state index contributed by atoms with van der Waals surface area (Å²) in [5.74, 6) is -1.14. The van der Waals surface area contributed by atoms with Crippen LogP contribution in [0.1, 0.15) is 18.7 Å². The highest BCUT2D eigenvalue weighted by Crippen LogP contribution is 2.15. The number of aromatic nitrogens is 4. The van der Waals surface area contributed by atoms with Gasteiger partial charge in [-0.05, 0) is 29.0 Å². The zero-order chi connectivity index (χ0) is 18.5. The van der Waals surface area contributed by atoms with Crippen LogP contribution < -0.4 is 0 Å². The first kappa shape index (κ1) is 18.8. The Labute approximate surface area is 158 Å². The quantitative estimate of drug-likeness (QED) is 0.655. The van der Waals surface area contributed by atoms with Crippen LogP contribution in [0.4, 0.5) is 8.78 Å². The molecular formula is C16H19BrF2N6O. The Morgan fingerprint density at radius 2 is 1.92 bits per heavy atom. The number of amides is 1. The number of hydrogen-bond donors (Lipinski definition) is 0. The highest BCUT2D eigenvalue weighted by atomic mass is 79.9. The number of benzene rings is 1. The van der Waals surface area contributed by atoms with Gasteiger partial charge in [0.15, 0.2) is 17.5 Å². The minimum Gasteiger partial charge on any atom is -0.340 e. The molecule has 2 aromatic rings. The molecule has 1 aliphatic rings. The van der Waals surface area contributed by atoms with Crippen LogP contribution in [0.3, 0.4) is 0 Å². The minimum absolute atomic E-state index is 0.177. The number of tetrazole rings is 1. The summed E-state index contributed by atoms with van der Waals surface area (Å²) in [4.78, 5) is 16.1. The van der Waals surface area contributed by atoms with Gasteiger partial charge in [0.25, 0.3) is 0 Å². The molecule has 1 saturated heterocycles. The third kappa shape index (κ3) is 4.42. The van der Waals surface area contributed by atoms with Gasteiger partial charge in [0, 0.05) is 44.0 Å². The van der Waals surface area contributed by atoms with Crippen molar-refractivity contribution in [1.29, 1.82) is 0 Å². The molecule has 0 bridgehead atoms. The molecule has 0 atom stereocenters. The van der Waals surface area contributed by atoms with Crippen LogP contribution in [-0.2, 0) is 11.3 Å². The number of piperazine rings is 1. The van der Waals surface area contributed by atoms with Crippen molar-refractivity contribution in [3.63, 3.8) is 0 Å². The van der Waals surface area contributed by atoms with E-state index in [-0.39, 0.29) is 5.91 Å². The molecule has 26 heavy (non-hydrogen) atoms. The van der Waals surface area contributed by atoms with Gasteiger partial charge in [0.2, 0.25) is 5.91 Å². The van der Waals surface area contributed by atoms with Crippen molar-refractivity contribution in [3.05, 3.63) is 35.7 Å². The maximum atomic E-state index is 13.5. The molecule has 0 N–H and O–H groups in total. The molecule has 0 aliphatic carbocycles. The third-order valence-electron chi connectivity index (χ3n) is 4.30. The molecule has 1 aromatic heterocycles. The first-order chi connectivity index (χ1) is 12.6. The second kappa shape index (κ2) is 8.63. The standard InChI is InChI=1S/C16H19BrF2N6O/c17-5-1-2-16(26)24-8-6-23(7-9-24)11-15-20-21-22-25(15)12-3-4-13(18)14(19)10-12/h3-4,10H,1-2,5-9,11H2. The summed E-state index contributed by atoms with van der Waals surface area (Å²) in [6.45, 7) is 3.21. The molecule has 1 fully saturated rings. The lowest BCUT2D eigenvalue weighted by molar-refractivity contribution is -0.133. The predicted octanol–water partition coefficient (Wildman–Crippen LogP) is 1.76. The molecule has 0 unspecified atom stereocenters. The number of hydrogen-bond acceptors (Lipinski definition) is 5. The number of alkyl halides is 1. The van der Waals surface area contributed by atoms with E-state index in [1.165, 1.54) is 10.7 Å². The van der Waals surface area contributed by atoms with Gasteiger partial charge in [-0.1, -0.05) is 15.9 Å². The highest BCUT2D eigenvalue weighted by molar-refractivity contribution is 9.09. The van der Waals surface area contributed by atoms with E-state index in [1.54, 1.807) is 0 Å². The van der Waals surface area contributed by atoms with Crippen molar-refractivity contribution < 1.29 is 13.6 Å². The van der Waals surface area contributed by atoms with Crippen molar-refractivity contribution in [2.45, 2.75) is 19.4 Å². The first-order valence-corrected chi connectivity index (χ1v) is 9.49. The highest BCUT2D eigenvalue weighted by Gasteiger charge is 2.22. The smallest absolute Gasteiger partial charge is 0.222 e. The van der Waals surface area contributed by atoms with Gasteiger partial charge in [0.1, 0.15) is 0 Å². The fourth-order valence-electron chi connectivity index (χ4n) is 2.85. The van der Waals surface area contributed by atoms with E-state index in [1.807, 2.05) is 4.90 Å². The number of carbonyl (C=O) groups excluding carboxylic acids is 1. The molecule has 10 heteroatoms. The van der Waals surface area contributed by atoms with Crippen LogP contribution in [0.2, 0.25) is 0 Å². The van der Waals surface area contributed by atoms with E-state index >= 15 is 0 Å². The van der Waals surface area contributed by atoms with Crippen molar-refractivity contribution in [2.24, 2.45) is 0 Å². The molecule has 3 rings (SSSR count). The molecule has 7 nitrogen and oxygen atoms in total. The topological polar surface area (TPSA) is 67.2 Å². The summed E-state index contributed by atoms with van der Waals surface area (Å²) in [5, 5.41) is 12.3. The zero-order valence-electron chi connectivity index (χ0n) is 14.1. The molecule has 0 saturated carbocycles. The SMILES string of the molecule is O=C(CCCBr)N1CCN(Cc2nnnn2-c2ccc(F)c(F)c2)CC1. The van der Waals surface area contributed by atoms with Crippen molar-refractivity contribution in [2.75, 3.05) is 31.5 Å². The van der Waals surface area contributed by atoms with E-state index in [2.05, 4.69) is 36.4 Å². The van der Waals surface area contributed by atoms with E-state index in [9.17, 15) is 13.6 Å². The average Bonchev–Trinajstić information content (AvgIpc) is 3.10. The second-order valence-electron chi connectivity index (χ2n) is 6.05. The Hall–Kier alpha value is -1.94. The monoisotopic (exact) mass is 428 g/mol. The summed E-state index contributed by atoms with van der Waals surface area (Å²) < 4.78 is 28.0. The number of rotatable bonds is 6. The van der Waals surface area contributed by atoms with Crippen LogP contribution in [0.25, 0.3) is 5.69 Å². The summed E-state index contributed by atoms with van der Waals surface area (Å²) in [5.41, 5.74) is 0.368. The first-order valence-electron chi connectivity index (χ1n) is 8.37. The predicted molar refractivity (Wildman–Crippen MR) is 94.0 cm³/mol. The molecule has 1 aliphatic heterocycles. The Kier molecular flexibility index (Phi) is 6.25. The molecule has 0 radical (unpaired) electrons. The van der Waals surface area contributed by atoms with Gasteiger partial charge in [-0.2, -0.15) is 4.68 Å². The lowest BCUT2D eigenvalue weighted by Crippen LogP contribution is -2.48. The molecule has 1 amide bonds. The van der Waals surface area contributed by atoms with Crippen LogP contribution in [0.15, 0.2) is 18.2 Å². The van der Waals surface area contributed by atoms with Gasteiger partial charge in [-0.15, -0.1) is 5.10 Å². The molecule has 2 heterocycles. The van der Waals surface area contributed by atoms with E-state index in [0.717, 1.165) is 23.9 Å². The summed E-state index contributed by atoms with van der Waals surface area (Å²) in [6, 6.07) is 3.54. The maximum Gasteiger partial charge on any atom is 0.222 e. The van der Waals surface area contributed by atoms with Crippen molar-refractivity contribution in [1.82, 2.24) is 30.0 Å². The Morgan fingerprint density at radius 1 is 1.15 bits per heavy atom. The van der Waals surface area contributed by atoms with Crippen LogP contribution in [0.5, 0.6) is 0 Å². The maximum absolute atomic E-state index is 13.5. The van der Waals surface area contributed by atoms with Crippen molar-refractivity contribution in [3.8, 4) is 5.69 Å². The molecular weight excluding hydrogens is 410 g/mol. The lowest BCUT2D eigenvalue weighted by atomic mass is 10.2. The van der Waals surface area contributed by atoms with Gasteiger partial charge in [-0.3, -0.25) is 9.69 Å². The Morgan fingerprint density at radius 3 is 2.62 bits per heavy atom. The molecule has 1 aromatic carbocycles. The van der Waals surface area contributed by atoms with Crippen molar-refractivity contribution >= 4 is 21.8 Å². The van der Waals surface area contributed by atoms with Crippen LogP contribution >= 0.6 is 15.9 Å². The Balaban J connectivity index is 1.60.